The smallest absolute Gasteiger partial charge is 0.331 e. The average Bonchev–Trinajstić information content (AvgIpc) is 3.20. The number of carbonyl (C=O) groups excluding carboxylic acids is 1. The van der Waals surface area contributed by atoms with Crippen LogP contribution in [0, 0.1) is 0 Å². The van der Waals surface area contributed by atoms with Gasteiger partial charge in [0.05, 0.1) is 0 Å². The summed E-state index contributed by atoms with van der Waals surface area (Å²) in [5, 5.41) is 0. The van der Waals surface area contributed by atoms with Crippen LogP contribution < -0.4 is 0 Å². The van der Waals surface area contributed by atoms with E-state index in [0.29, 0.717) is 6.61 Å². The summed E-state index contributed by atoms with van der Waals surface area (Å²) < 4.78 is 5.28. The Morgan fingerprint density at radius 2 is 1.21 bits per heavy atom. The fraction of sp³-hybridized carbons (Fsp3) is 0.192. The van der Waals surface area contributed by atoms with Crippen molar-refractivity contribution in [1.29, 1.82) is 0 Å². The predicted octanol–water partition coefficient (Wildman–Crippen LogP) is 4.78. The van der Waals surface area contributed by atoms with Gasteiger partial charge in [-0.2, -0.15) is 0 Å². The zero-order valence-electron chi connectivity index (χ0n) is 16.4. The number of ether oxygens (including phenoxy) is 1. The molecule has 0 N–H and O–H groups in total. The van der Waals surface area contributed by atoms with Gasteiger partial charge in [-0.3, -0.25) is 4.90 Å². The lowest BCUT2D eigenvalue weighted by Gasteiger charge is -2.33. The SMILES string of the molecule is O=C1C=C([C@H](Cc2ccccc2)N(Cc2ccccc2)Cc2ccccc2)CO1. The third-order valence-corrected chi connectivity index (χ3v) is 5.28. The van der Waals surface area contributed by atoms with Gasteiger partial charge in [0.2, 0.25) is 0 Å². The molecule has 0 radical (unpaired) electrons. The largest absolute Gasteiger partial charge is 0.458 e. The number of carbonyl (C=O) groups is 1. The van der Waals surface area contributed by atoms with E-state index in [9.17, 15) is 4.79 Å². The standard InChI is InChI=1S/C26H25NO2/c28-26-17-24(20-29-26)25(16-21-10-4-1-5-11-21)27(18-22-12-6-2-7-13-22)19-23-14-8-3-9-15-23/h1-15,17,25H,16,18-20H2/t25-/m0/s1. The lowest BCUT2D eigenvalue weighted by molar-refractivity contribution is -0.135. The second-order valence-corrected chi connectivity index (χ2v) is 7.41. The van der Waals surface area contributed by atoms with Crippen molar-refractivity contribution in [2.75, 3.05) is 6.61 Å². The minimum atomic E-state index is -0.238. The first kappa shape index (κ1) is 19.2. The molecule has 3 aromatic carbocycles. The monoisotopic (exact) mass is 383 g/mol. The van der Waals surface area contributed by atoms with Gasteiger partial charge in [0.25, 0.3) is 0 Å². The van der Waals surface area contributed by atoms with Crippen LogP contribution in [0.5, 0.6) is 0 Å². The molecular weight excluding hydrogens is 358 g/mol. The summed E-state index contributed by atoms with van der Waals surface area (Å²) >= 11 is 0. The highest BCUT2D eigenvalue weighted by atomic mass is 16.5. The number of hydrogen-bond donors (Lipinski definition) is 0. The van der Waals surface area contributed by atoms with Gasteiger partial charge >= 0.3 is 5.97 Å². The lowest BCUT2D eigenvalue weighted by atomic mass is 9.96. The maximum atomic E-state index is 11.8. The predicted molar refractivity (Wildman–Crippen MR) is 115 cm³/mol. The minimum absolute atomic E-state index is 0.0873. The Hall–Kier alpha value is -3.17. The molecule has 1 aliphatic heterocycles. The first-order chi connectivity index (χ1) is 14.3. The van der Waals surface area contributed by atoms with Crippen molar-refractivity contribution < 1.29 is 9.53 Å². The van der Waals surface area contributed by atoms with Crippen LogP contribution in [0.2, 0.25) is 0 Å². The van der Waals surface area contributed by atoms with Crippen LogP contribution in [0.3, 0.4) is 0 Å². The molecule has 3 aromatic rings. The van der Waals surface area contributed by atoms with Crippen LogP contribution in [0.25, 0.3) is 0 Å². The zero-order chi connectivity index (χ0) is 19.9. The quantitative estimate of drug-likeness (QED) is 0.524. The van der Waals surface area contributed by atoms with Gasteiger partial charge in [-0.15, -0.1) is 0 Å². The first-order valence-corrected chi connectivity index (χ1v) is 10.0. The normalized spacial score (nSPS) is 14.5. The number of benzene rings is 3. The van der Waals surface area contributed by atoms with Crippen molar-refractivity contribution in [2.45, 2.75) is 25.6 Å². The molecule has 0 saturated heterocycles. The summed E-state index contributed by atoms with van der Waals surface area (Å²) in [6.45, 7) is 1.98. The molecule has 29 heavy (non-hydrogen) atoms. The molecule has 3 nitrogen and oxygen atoms in total. The van der Waals surface area contributed by atoms with E-state index < -0.39 is 0 Å². The number of rotatable bonds is 8. The molecule has 0 spiro atoms. The van der Waals surface area contributed by atoms with E-state index in [1.54, 1.807) is 6.08 Å². The summed E-state index contributed by atoms with van der Waals surface area (Å²) in [5.41, 5.74) is 4.81. The Bertz CT molecular complexity index is 910. The van der Waals surface area contributed by atoms with E-state index in [4.69, 9.17) is 4.74 Å². The van der Waals surface area contributed by atoms with Gasteiger partial charge in [-0.05, 0) is 28.7 Å². The Labute approximate surface area is 172 Å². The van der Waals surface area contributed by atoms with Gasteiger partial charge in [0.15, 0.2) is 0 Å². The first-order valence-electron chi connectivity index (χ1n) is 10.0. The second-order valence-electron chi connectivity index (χ2n) is 7.41. The fourth-order valence-electron chi connectivity index (χ4n) is 3.83. The Morgan fingerprint density at radius 1 is 0.724 bits per heavy atom. The molecule has 3 heteroatoms. The molecule has 1 aliphatic rings. The van der Waals surface area contributed by atoms with E-state index in [1.807, 2.05) is 18.2 Å². The average molecular weight is 383 g/mol. The molecule has 0 fully saturated rings. The zero-order valence-corrected chi connectivity index (χ0v) is 16.4. The molecule has 1 atom stereocenters. The van der Waals surface area contributed by atoms with Crippen molar-refractivity contribution in [2.24, 2.45) is 0 Å². The lowest BCUT2D eigenvalue weighted by Crippen LogP contribution is -2.38. The van der Waals surface area contributed by atoms with E-state index in [0.717, 1.165) is 25.1 Å². The molecule has 4 rings (SSSR count). The number of cyclic esters (lactones) is 1. The van der Waals surface area contributed by atoms with Crippen molar-refractivity contribution in [1.82, 2.24) is 4.90 Å². The Balaban J connectivity index is 1.67. The number of hydrogen-bond acceptors (Lipinski definition) is 3. The molecule has 146 valence electrons. The molecule has 0 saturated carbocycles. The van der Waals surface area contributed by atoms with Crippen LogP contribution in [-0.4, -0.2) is 23.5 Å². The van der Waals surface area contributed by atoms with E-state index in [1.165, 1.54) is 16.7 Å². The summed E-state index contributed by atoms with van der Waals surface area (Å²) in [6.07, 6.45) is 2.51. The Kier molecular flexibility index (Phi) is 6.18. The van der Waals surface area contributed by atoms with E-state index >= 15 is 0 Å². The molecule has 0 amide bonds. The highest BCUT2D eigenvalue weighted by Gasteiger charge is 2.28. The van der Waals surface area contributed by atoms with Crippen LogP contribution in [0.1, 0.15) is 16.7 Å². The molecule has 0 aromatic heterocycles. The maximum Gasteiger partial charge on any atom is 0.331 e. The fourth-order valence-corrected chi connectivity index (χ4v) is 3.83. The van der Waals surface area contributed by atoms with Crippen LogP contribution >= 0.6 is 0 Å². The van der Waals surface area contributed by atoms with Crippen LogP contribution in [0.15, 0.2) is 103 Å². The summed E-state index contributed by atoms with van der Waals surface area (Å²) in [4.78, 5) is 14.3. The highest BCUT2D eigenvalue weighted by Crippen LogP contribution is 2.24. The van der Waals surface area contributed by atoms with Crippen LogP contribution in [-0.2, 0) is 29.0 Å². The number of esters is 1. The second kappa shape index (κ2) is 9.35. The van der Waals surface area contributed by atoms with Crippen LogP contribution in [0.4, 0.5) is 0 Å². The van der Waals surface area contributed by atoms with Gasteiger partial charge in [0.1, 0.15) is 6.61 Å². The maximum absolute atomic E-state index is 11.8. The van der Waals surface area contributed by atoms with E-state index in [2.05, 4.69) is 77.7 Å². The van der Waals surface area contributed by atoms with E-state index in [-0.39, 0.29) is 12.0 Å². The number of nitrogens with zero attached hydrogens (tertiary/aromatic N) is 1. The molecule has 0 unspecified atom stereocenters. The van der Waals surface area contributed by atoms with Crippen molar-refractivity contribution in [3.8, 4) is 0 Å². The van der Waals surface area contributed by atoms with Gasteiger partial charge in [0, 0.05) is 25.2 Å². The molecular formula is C26H25NO2. The summed E-state index contributed by atoms with van der Waals surface area (Å²) in [7, 11) is 0. The van der Waals surface area contributed by atoms with Gasteiger partial charge < -0.3 is 4.74 Å². The molecule has 0 bridgehead atoms. The molecule has 1 heterocycles. The Morgan fingerprint density at radius 3 is 1.66 bits per heavy atom. The van der Waals surface area contributed by atoms with Gasteiger partial charge in [-0.25, -0.2) is 4.79 Å². The third kappa shape index (κ3) is 5.21. The molecule has 0 aliphatic carbocycles. The summed E-state index contributed by atoms with van der Waals surface area (Å²) in [5.74, 6) is -0.238. The topological polar surface area (TPSA) is 29.5 Å². The van der Waals surface area contributed by atoms with Crippen molar-refractivity contribution in [3.05, 3.63) is 119 Å². The van der Waals surface area contributed by atoms with Crippen molar-refractivity contribution >= 4 is 5.97 Å². The summed E-state index contributed by atoms with van der Waals surface area (Å²) in [6, 6.07) is 31.5. The van der Waals surface area contributed by atoms with Crippen molar-refractivity contribution in [3.63, 3.8) is 0 Å². The third-order valence-electron chi connectivity index (χ3n) is 5.28. The highest BCUT2D eigenvalue weighted by molar-refractivity contribution is 5.85. The minimum Gasteiger partial charge on any atom is -0.458 e. The van der Waals surface area contributed by atoms with Gasteiger partial charge in [-0.1, -0.05) is 91.0 Å².